The molecule has 0 atom stereocenters. The molecule has 1 fully saturated rings. The SMILES string of the molecule is CCCCCCCC1CCC(c2c(C(=O)O)ccc(OCCCC)c2-c2ccccc2)CC1. The Kier molecular flexibility index (Phi) is 10.3. The van der Waals surface area contributed by atoms with Crippen LogP contribution in [0.25, 0.3) is 11.1 Å². The number of carbonyl (C=O) groups is 1. The van der Waals surface area contributed by atoms with E-state index in [1.54, 1.807) is 6.07 Å². The Morgan fingerprint density at radius 2 is 1.58 bits per heavy atom. The predicted molar refractivity (Wildman–Crippen MR) is 137 cm³/mol. The number of carboxylic acid groups (broad SMARTS) is 1. The lowest BCUT2D eigenvalue weighted by molar-refractivity contribution is 0.0694. The van der Waals surface area contributed by atoms with Gasteiger partial charge in [0.25, 0.3) is 0 Å². The van der Waals surface area contributed by atoms with Crippen LogP contribution in [0, 0.1) is 5.92 Å². The second-order valence-corrected chi connectivity index (χ2v) is 9.69. The van der Waals surface area contributed by atoms with Gasteiger partial charge < -0.3 is 9.84 Å². The lowest BCUT2D eigenvalue weighted by Crippen LogP contribution is -2.17. The molecule has 3 nitrogen and oxygen atoms in total. The Morgan fingerprint density at radius 1 is 0.879 bits per heavy atom. The Hall–Kier alpha value is -2.29. The highest BCUT2D eigenvalue weighted by atomic mass is 16.5. The van der Waals surface area contributed by atoms with E-state index in [9.17, 15) is 9.90 Å². The van der Waals surface area contributed by atoms with Gasteiger partial charge in [-0.05, 0) is 67.2 Å². The van der Waals surface area contributed by atoms with Gasteiger partial charge in [-0.15, -0.1) is 0 Å². The highest BCUT2D eigenvalue weighted by molar-refractivity contribution is 5.94. The first-order valence-corrected chi connectivity index (χ1v) is 13.2. The molecule has 180 valence electrons. The summed E-state index contributed by atoms with van der Waals surface area (Å²) in [5.74, 6) is 1.06. The molecule has 1 aliphatic carbocycles. The predicted octanol–water partition coefficient (Wildman–Crippen LogP) is 8.87. The van der Waals surface area contributed by atoms with Crippen molar-refractivity contribution in [2.75, 3.05) is 6.61 Å². The van der Waals surface area contributed by atoms with Crippen LogP contribution in [0.5, 0.6) is 5.75 Å². The van der Waals surface area contributed by atoms with Crippen LogP contribution in [0.15, 0.2) is 42.5 Å². The van der Waals surface area contributed by atoms with Gasteiger partial charge >= 0.3 is 5.97 Å². The summed E-state index contributed by atoms with van der Waals surface area (Å²) in [6.45, 7) is 5.08. The monoisotopic (exact) mass is 450 g/mol. The number of benzene rings is 2. The smallest absolute Gasteiger partial charge is 0.335 e. The van der Waals surface area contributed by atoms with Gasteiger partial charge in [-0.3, -0.25) is 0 Å². The van der Waals surface area contributed by atoms with Crippen molar-refractivity contribution in [2.24, 2.45) is 5.92 Å². The molecule has 1 saturated carbocycles. The van der Waals surface area contributed by atoms with Gasteiger partial charge in [0.1, 0.15) is 5.75 Å². The van der Waals surface area contributed by atoms with Gasteiger partial charge in [-0.25, -0.2) is 4.79 Å². The third-order valence-electron chi connectivity index (χ3n) is 7.23. The quantitative estimate of drug-likeness (QED) is 0.310. The molecule has 1 N–H and O–H groups in total. The minimum absolute atomic E-state index is 0.275. The fourth-order valence-corrected chi connectivity index (χ4v) is 5.34. The molecule has 3 rings (SSSR count). The van der Waals surface area contributed by atoms with Crippen LogP contribution in [0.4, 0.5) is 0 Å². The lowest BCUT2D eigenvalue weighted by atomic mass is 9.74. The maximum absolute atomic E-state index is 12.3. The van der Waals surface area contributed by atoms with Crippen molar-refractivity contribution in [1.29, 1.82) is 0 Å². The zero-order valence-corrected chi connectivity index (χ0v) is 20.7. The number of aromatic carboxylic acids is 1. The van der Waals surface area contributed by atoms with Crippen molar-refractivity contribution in [3.05, 3.63) is 53.6 Å². The molecule has 0 radical (unpaired) electrons. The summed E-state index contributed by atoms with van der Waals surface area (Å²) in [6.07, 6.45) is 14.6. The van der Waals surface area contributed by atoms with Gasteiger partial charge in [0.05, 0.1) is 12.2 Å². The fourth-order valence-electron chi connectivity index (χ4n) is 5.34. The molecule has 0 unspecified atom stereocenters. The second-order valence-electron chi connectivity index (χ2n) is 9.69. The van der Waals surface area contributed by atoms with Crippen molar-refractivity contribution in [3.63, 3.8) is 0 Å². The number of hydrogen-bond acceptors (Lipinski definition) is 2. The van der Waals surface area contributed by atoms with Crippen LogP contribution >= 0.6 is 0 Å². The Labute approximate surface area is 200 Å². The minimum atomic E-state index is -0.833. The van der Waals surface area contributed by atoms with E-state index in [-0.39, 0.29) is 5.92 Å². The zero-order chi connectivity index (χ0) is 23.5. The third-order valence-corrected chi connectivity index (χ3v) is 7.23. The Bertz CT molecular complexity index is 850. The average molecular weight is 451 g/mol. The molecule has 2 aromatic carbocycles. The highest BCUT2D eigenvalue weighted by Gasteiger charge is 2.29. The zero-order valence-electron chi connectivity index (χ0n) is 20.7. The summed E-state index contributed by atoms with van der Waals surface area (Å²) in [7, 11) is 0. The van der Waals surface area contributed by atoms with Crippen LogP contribution < -0.4 is 4.74 Å². The van der Waals surface area contributed by atoms with Gasteiger partial charge in [0, 0.05) is 5.56 Å². The van der Waals surface area contributed by atoms with Crippen molar-refractivity contribution < 1.29 is 14.6 Å². The largest absolute Gasteiger partial charge is 0.493 e. The van der Waals surface area contributed by atoms with Gasteiger partial charge in [0.15, 0.2) is 0 Å². The van der Waals surface area contributed by atoms with Crippen LogP contribution in [-0.2, 0) is 0 Å². The molecule has 0 amide bonds. The third kappa shape index (κ3) is 7.09. The molecule has 0 saturated heterocycles. The van der Waals surface area contributed by atoms with E-state index in [0.29, 0.717) is 12.2 Å². The highest BCUT2D eigenvalue weighted by Crippen LogP contribution is 2.46. The molecular weight excluding hydrogens is 408 g/mol. The first kappa shape index (κ1) is 25.3. The first-order chi connectivity index (χ1) is 16.2. The van der Waals surface area contributed by atoms with E-state index in [0.717, 1.165) is 54.0 Å². The summed E-state index contributed by atoms with van der Waals surface area (Å²) in [5, 5.41) is 10.1. The number of carboxylic acids is 1. The van der Waals surface area contributed by atoms with E-state index in [2.05, 4.69) is 26.0 Å². The minimum Gasteiger partial charge on any atom is -0.493 e. The number of ether oxygens (including phenoxy) is 1. The van der Waals surface area contributed by atoms with Gasteiger partial charge in [-0.2, -0.15) is 0 Å². The molecular formula is C30H42O3. The molecule has 1 aliphatic rings. The maximum Gasteiger partial charge on any atom is 0.335 e. The standard InChI is InChI=1S/C30H42O3/c1-3-5-7-8-10-13-23-16-18-25(19-17-23)28-26(30(31)32)20-21-27(33-22-6-4-2)29(28)24-14-11-9-12-15-24/h9,11-12,14-15,20-21,23,25H,3-8,10,13,16-19,22H2,1-2H3,(H,31,32). The van der Waals surface area contributed by atoms with Crippen molar-refractivity contribution in [3.8, 4) is 16.9 Å². The van der Waals surface area contributed by atoms with Gasteiger partial charge in [-0.1, -0.05) is 89.1 Å². The molecule has 0 aliphatic heterocycles. The van der Waals surface area contributed by atoms with Gasteiger partial charge in [0.2, 0.25) is 0 Å². The number of rotatable bonds is 13. The topological polar surface area (TPSA) is 46.5 Å². The average Bonchev–Trinajstić information content (AvgIpc) is 2.84. The summed E-state index contributed by atoms with van der Waals surface area (Å²) >= 11 is 0. The number of unbranched alkanes of at least 4 members (excludes halogenated alkanes) is 5. The fraction of sp³-hybridized carbons (Fsp3) is 0.567. The van der Waals surface area contributed by atoms with E-state index in [1.807, 2.05) is 24.3 Å². The van der Waals surface area contributed by atoms with Crippen LogP contribution in [0.1, 0.15) is 113 Å². The summed E-state index contributed by atoms with van der Waals surface area (Å²) < 4.78 is 6.21. The van der Waals surface area contributed by atoms with Crippen molar-refractivity contribution in [1.82, 2.24) is 0 Å². The van der Waals surface area contributed by atoms with Crippen LogP contribution in [-0.4, -0.2) is 17.7 Å². The van der Waals surface area contributed by atoms with Crippen molar-refractivity contribution in [2.45, 2.75) is 96.8 Å². The van der Waals surface area contributed by atoms with E-state index < -0.39 is 5.97 Å². The first-order valence-electron chi connectivity index (χ1n) is 13.2. The van der Waals surface area contributed by atoms with Crippen LogP contribution in [0.3, 0.4) is 0 Å². The molecule has 33 heavy (non-hydrogen) atoms. The second kappa shape index (κ2) is 13.4. The molecule has 0 heterocycles. The van der Waals surface area contributed by atoms with E-state index >= 15 is 0 Å². The van der Waals surface area contributed by atoms with Crippen molar-refractivity contribution >= 4 is 5.97 Å². The van der Waals surface area contributed by atoms with E-state index in [4.69, 9.17) is 4.74 Å². The molecule has 0 aromatic heterocycles. The molecule has 0 bridgehead atoms. The summed E-state index contributed by atoms with van der Waals surface area (Å²) in [5.41, 5.74) is 3.48. The number of hydrogen-bond donors (Lipinski definition) is 1. The molecule has 0 spiro atoms. The maximum atomic E-state index is 12.3. The molecule has 2 aromatic rings. The normalized spacial score (nSPS) is 18.2. The summed E-state index contributed by atoms with van der Waals surface area (Å²) in [4.78, 5) is 12.3. The molecule has 3 heteroatoms. The van der Waals surface area contributed by atoms with E-state index in [1.165, 1.54) is 51.4 Å². The lowest BCUT2D eigenvalue weighted by Gasteiger charge is -2.31. The Morgan fingerprint density at radius 3 is 2.24 bits per heavy atom. The summed E-state index contributed by atoms with van der Waals surface area (Å²) in [6, 6.07) is 13.9. The van der Waals surface area contributed by atoms with Crippen LogP contribution in [0.2, 0.25) is 0 Å². The Balaban J connectivity index is 1.84.